The number of primary amides is 1. The number of nitrogens with zero attached hydrogens (tertiary/aromatic N) is 2. The van der Waals surface area contributed by atoms with Crippen LogP contribution in [0.15, 0.2) is 10.4 Å². The highest BCUT2D eigenvalue weighted by atomic mass is 32.2. The molecule has 4 N–H and O–H groups in total. The van der Waals surface area contributed by atoms with Gasteiger partial charge in [-0.3, -0.25) is 15.2 Å². The molecule has 8 nitrogen and oxygen atoms in total. The number of hydrogen-bond acceptors (Lipinski definition) is 8. The summed E-state index contributed by atoms with van der Waals surface area (Å²) in [6.45, 7) is 6.09. The summed E-state index contributed by atoms with van der Waals surface area (Å²) in [5, 5.41) is 3.53. The third-order valence-electron chi connectivity index (χ3n) is 4.70. The van der Waals surface area contributed by atoms with Crippen molar-refractivity contribution in [1.82, 2.24) is 15.8 Å². The summed E-state index contributed by atoms with van der Waals surface area (Å²) in [4.78, 5) is 33.7. The SMILES string of the molecule is CCOC(=O)C12CCC(C)CC1(NNC(N)=O)N=C(c1csc(C)n1)S2. The van der Waals surface area contributed by atoms with Crippen LogP contribution in [0.4, 0.5) is 4.79 Å². The van der Waals surface area contributed by atoms with Crippen molar-refractivity contribution in [2.45, 2.75) is 50.4 Å². The highest BCUT2D eigenvalue weighted by Crippen LogP contribution is 2.55. The zero-order valence-electron chi connectivity index (χ0n) is 15.0. The Morgan fingerprint density at radius 1 is 1.50 bits per heavy atom. The van der Waals surface area contributed by atoms with Gasteiger partial charge in [-0.25, -0.2) is 15.2 Å². The minimum absolute atomic E-state index is 0.279. The van der Waals surface area contributed by atoms with Gasteiger partial charge in [-0.2, -0.15) is 0 Å². The van der Waals surface area contributed by atoms with Crippen LogP contribution in [-0.4, -0.2) is 39.0 Å². The van der Waals surface area contributed by atoms with E-state index in [0.29, 0.717) is 23.8 Å². The van der Waals surface area contributed by atoms with Crippen molar-refractivity contribution in [1.29, 1.82) is 0 Å². The first-order valence-corrected chi connectivity index (χ1v) is 10.2. The molecule has 142 valence electrons. The number of aryl methyl sites for hydroxylation is 1. The number of fused-ring (bicyclic) bond motifs is 1. The molecule has 0 bridgehead atoms. The maximum Gasteiger partial charge on any atom is 0.326 e. The summed E-state index contributed by atoms with van der Waals surface area (Å²) >= 11 is 2.90. The monoisotopic (exact) mass is 397 g/mol. The van der Waals surface area contributed by atoms with Gasteiger partial charge < -0.3 is 10.5 Å². The van der Waals surface area contributed by atoms with Crippen LogP contribution in [0.3, 0.4) is 0 Å². The lowest BCUT2D eigenvalue weighted by Gasteiger charge is -2.46. The smallest absolute Gasteiger partial charge is 0.326 e. The van der Waals surface area contributed by atoms with Crippen LogP contribution in [0, 0.1) is 12.8 Å². The maximum atomic E-state index is 13.0. The number of carbonyl (C=O) groups is 2. The summed E-state index contributed by atoms with van der Waals surface area (Å²) in [7, 11) is 0. The Morgan fingerprint density at radius 2 is 2.27 bits per heavy atom. The summed E-state index contributed by atoms with van der Waals surface area (Å²) < 4.78 is 4.44. The third-order valence-corrected chi connectivity index (χ3v) is 7.02. The van der Waals surface area contributed by atoms with Crippen LogP contribution in [-0.2, 0) is 9.53 Å². The summed E-state index contributed by atoms with van der Waals surface area (Å²) in [5.41, 5.74) is 10.4. The predicted molar refractivity (Wildman–Crippen MR) is 102 cm³/mol. The van der Waals surface area contributed by atoms with Crippen LogP contribution >= 0.6 is 23.1 Å². The van der Waals surface area contributed by atoms with Crippen LogP contribution in [0.25, 0.3) is 0 Å². The molecule has 2 aliphatic rings. The molecule has 0 saturated heterocycles. The molecular weight excluding hydrogens is 374 g/mol. The van der Waals surface area contributed by atoms with E-state index in [0.717, 1.165) is 17.1 Å². The minimum Gasteiger partial charge on any atom is -0.465 e. The van der Waals surface area contributed by atoms with E-state index in [1.54, 1.807) is 6.92 Å². The van der Waals surface area contributed by atoms with E-state index in [4.69, 9.17) is 15.5 Å². The van der Waals surface area contributed by atoms with Gasteiger partial charge in [-0.15, -0.1) is 11.3 Å². The van der Waals surface area contributed by atoms with E-state index < -0.39 is 16.4 Å². The lowest BCUT2D eigenvalue weighted by Crippen LogP contribution is -2.68. The van der Waals surface area contributed by atoms with Gasteiger partial charge in [0, 0.05) is 5.38 Å². The number of ether oxygens (including phenoxy) is 1. The molecule has 3 unspecified atom stereocenters. The maximum absolute atomic E-state index is 13.0. The molecule has 26 heavy (non-hydrogen) atoms. The lowest BCUT2D eigenvalue weighted by atomic mass is 9.74. The van der Waals surface area contributed by atoms with Crippen molar-refractivity contribution >= 4 is 40.1 Å². The van der Waals surface area contributed by atoms with E-state index >= 15 is 0 Å². The Labute approximate surface area is 160 Å². The van der Waals surface area contributed by atoms with Crippen LogP contribution in [0.2, 0.25) is 0 Å². The molecule has 10 heteroatoms. The second-order valence-electron chi connectivity index (χ2n) is 6.64. The Morgan fingerprint density at radius 3 is 2.88 bits per heavy atom. The number of hydrazine groups is 1. The largest absolute Gasteiger partial charge is 0.465 e. The van der Waals surface area contributed by atoms with Gasteiger partial charge in [0.1, 0.15) is 10.7 Å². The van der Waals surface area contributed by atoms with E-state index in [1.807, 2.05) is 12.3 Å². The fourth-order valence-corrected chi connectivity index (χ4v) is 5.66. The Bertz CT molecular complexity index is 752. The highest BCUT2D eigenvalue weighted by molar-refractivity contribution is 8.16. The summed E-state index contributed by atoms with van der Waals surface area (Å²) in [6, 6.07) is -0.728. The zero-order chi connectivity index (χ0) is 18.9. The molecule has 3 rings (SSSR count). The minimum atomic E-state index is -1.02. The number of thioether (sulfide) groups is 1. The molecule has 0 aromatic carbocycles. The number of urea groups is 1. The number of amides is 2. The van der Waals surface area contributed by atoms with Gasteiger partial charge in [0.2, 0.25) is 0 Å². The van der Waals surface area contributed by atoms with Crippen molar-refractivity contribution < 1.29 is 14.3 Å². The van der Waals surface area contributed by atoms with Crippen LogP contribution in [0.5, 0.6) is 0 Å². The van der Waals surface area contributed by atoms with Gasteiger partial charge in [0.15, 0.2) is 10.4 Å². The first kappa shape index (κ1) is 19.1. The fourth-order valence-electron chi connectivity index (χ4n) is 3.54. The summed E-state index contributed by atoms with van der Waals surface area (Å²) in [6.07, 6.45) is 2.03. The van der Waals surface area contributed by atoms with Crippen molar-refractivity contribution in [3.8, 4) is 0 Å². The van der Waals surface area contributed by atoms with Crippen LogP contribution in [0.1, 0.15) is 43.8 Å². The first-order chi connectivity index (χ1) is 12.3. The normalized spacial score (nSPS) is 30.4. The number of aromatic nitrogens is 1. The standard InChI is InChI=1S/C16H23N5O3S2/c1-4-24-13(22)15-6-5-9(2)7-16(15,21-20-14(17)23)19-12(26-15)11-8-25-10(3)18-11/h8-9,21H,4-7H2,1-3H3,(H3,17,20,23). The average molecular weight is 398 g/mol. The number of thiazole rings is 1. The second kappa shape index (κ2) is 7.16. The number of esters is 1. The second-order valence-corrected chi connectivity index (χ2v) is 8.99. The number of nitrogens with two attached hydrogens (primary N) is 1. The molecule has 1 aliphatic heterocycles. The number of carbonyl (C=O) groups excluding carboxylic acids is 2. The molecule has 0 spiro atoms. The van der Waals surface area contributed by atoms with E-state index in [2.05, 4.69) is 22.8 Å². The molecule has 1 saturated carbocycles. The number of rotatable bonds is 5. The van der Waals surface area contributed by atoms with Gasteiger partial charge in [-0.1, -0.05) is 18.7 Å². The number of nitrogens with one attached hydrogen (secondary N) is 2. The molecule has 0 radical (unpaired) electrons. The molecule has 2 amide bonds. The number of hydrogen-bond donors (Lipinski definition) is 3. The van der Waals surface area contributed by atoms with Gasteiger partial charge >= 0.3 is 12.0 Å². The van der Waals surface area contributed by atoms with Crippen molar-refractivity contribution in [2.24, 2.45) is 16.6 Å². The van der Waals surface area contributed by atoms with Gasteiger partial charge in [-0.05, 0) is 39.0 Å². The first-order valence-electron chi connectivity index (χ1n) is 8.53. The van der Waals surface area contributed by atoms with E-state index in [-0.39, 0.29) is 12.6 Å². The summed E-state index contributed by atoms with van der Waals surface area (Å²) in [5.74, 6) is -0.0121. The molecule has 2 heterocycles. The topological polar surface area (TPSA) is 119 Å². The zero-order valence-corrected chi connectivity index (χ0v) is 16.6. The fraction of sp³-hybridized carbons (Fsp3) is 0.625. The quantitative estimate of drug-likeness (QED) is 0.516. The molecule has 1 aromatic heterocycles. The van der Waals surface area contributed by atoms with E-state index in [1.165, 1.54) is 23.1 Å². The molecule has 3 atom stereocenters. The molecule has 1 aliphatic carbocycles. The average Bonchev–Trinajstić information content (AvgIpc) is 3.15. The Kier molecular flexibility index (Phi) is 5.27. The molecule has 1 fully saturated rings. The predicted octanol–water partition coefficient (Wildman–Crippen LogP) is 1.94. The van der Waals surface area contributed by atoms with Crippen molar-refractivity contribution in [3.63, 3.8) is 0 Å². The van der Waals surface area contributed by atoms with Crippen molar-refractivity contribution in [3.05, 3.63) is 16.1 Å². The molecular formula is C16H23N5O3S2. The number of aliphatic imine (C=N–C) groups is 1. The van der Waals surface area contributed by atoms with E-state index in [9.17, 15) is 9.59 Å². The van der Waals surface area contributed by atoms with Gasteiger partial charge in [0.05, 0.1) is 11.6 Å². The highest BCUT2D eigenvalue weighted by Gasteiger charge is 2.65. The van der Waals surface area contributed by atoms with Crippen molar-refractivity contribution in [2.75, 3.05) is 6.61 Å². The molecule has 1 aromatic rings. The third kappa shape index (κ3) is 3.21. The Balaban J connectivity index is 2.07. The van der Waals surface area contributed by atoms with Crippen LogP contribution < -0.4 is 16.6 Å². The lowest BCUT2D eigenvalue weighted by molar-refractivity contribution is -0.150. The van der Waals surface area contributed by atoms with Gasteiger partial charge in [0.25, 0.3) is 0 Å². The Hall–Kier alpha value is -1.65.